The molecule has 2 heterocycles. The van der Waals surface area contributed by atoms with Crippen LogP contribution in [0.1, 0.15) is 95.3 Å². The van der Waals surface area contributed by atoms with Gasteiger partial charge >= 0.3 is 0 Å². The largest absolute Gasteiger partial charge is 0.494 e. The third kappa shape index (κ3) is 10.6. The number of aromatic nitrogens is 1. The summed E-state index contributed by atoms with van der Waals surface area (Å²) >= 11 is 0. The van der Waals surface area contributed by atoms with Gasteiger partial charge in [-0.05, 0) is 83.1 Å². The number of ether oxygens (including phenoxy) is 3. The van der Waals surface area contributed by atoms with E-state index in [-0.39, 0.29) is 17.8 Å². The fourth-order valence-electron chi connectivity index (χ4n) is 7.29. The van der Waals surface area contributed by atoms with Crippen molar-refractivity contribution in [1.82, 2.24) is 4.57 Å². The average molecular weight is 733 g/mol. The monoisotopic (exact) mass is 732 g/mol. The number of amides is 1. The number of anilines is 1. The summed E-state index contributed by atoms with van der Waals surface area (Å²) in [4.78, 5) is 29.3. The number of quaternary nitrogens is 1. The molecule has 1 aliphatic heterocycles. The topological polar surface area (TPSA) is 70.0 Å². The third-order valence-corrected chi connectivity index (χ3v) is 10.1. The molecule has 10 heteroatoms. The first-order chi connectivity index (χ1) is 25.6. The van der Waals surface area contributed by atoms with Crippen LogP contribution < -0.4 is 24.5 Å². The van der Waals surface area contributed by atoms with E-state index in [1.807, 2.05) is 38.1 Å². The Morgan fingerprint density at radius 3 is 2.11 bits per heavy atom. The van der Waals surface area contributed by atoms with Gasteiger partial charge in [0.25, 0.3) is 5.91 Å². The zero-order valence-electron chi connectivity index (χ0n) is 31.9. The molecule has 1 saturated heterocycles. The van der Waals surface area contributed by atoms with Crippen molar-refractivity contribution in [3.05, 3.63) is 88.2 Å². The smallest absolute Gasteiger partial charge is 0.263 e. The summed E-state index contributed by atoms with van der Waals surface area (Å²) in [5, 5.41) is 0.295. The molecule has 1 aromatic heterocycles. The Bertz CT molecular complexity index is 1870. The number of piperidine rings is 1. The van der Waals surface area contributed by atoms with E-state index < -0.39 is 23.0 Å². The van der Waals surface area contributed by atoms with E-state index in [0.717, 1.165) is 37.5 Å². The first-order valence-electron chi connectivity index (χ1n) is 19.5. The number of benzene rings is 3. The zero-order chi connectivity index (χ0) is 37.8. The van der Waals surface area contributed by atoms with Crippen LogP contribution in [0.4, 0.5) is 14.5 Å². The molecule has 3 aromatic carbocycles. The number of pyridine rings is 1. The Hall–Kier alpha value is -4.44. The maximum atomic E-state index is 14.2. The lowest BCUT2D eigenvalue weighted by Crippen LogP contribution is -2.48. The van der Waals surface area contributed by atoms with Crippen LogP contribution in [0.25, 0.3) is 16.6 Å². The highest BCUT2D eigenvalue weighted by Crippen LogP contribution is 2.30. The molecule has 0 spiro atoms. The van der Waals surface area contributed by atoms with Crippen molar-refractivity contribution in [2.24, 2.45) is 0 Å². The standard InChI is InChI=1S/C43H56F2N3O5/c1-5-22-52-38-28-35(27-37(29-38)51-7-3)47-31-40(43(50)46(6-2)34-25-32(44)24-33(45)26-34)42(49)39-18-17-36(30-41(39)47)53-23-16-11-9-8-10-13-19-48(4)20-14-12-15-21-48/h17-18,24-31H,5-16,19-23H2,1-4H3/q+1. The van der Waals surface area contributed by atoms with Crippen LogP contribution in [0, 0.1) is 11.6 Å². The minimum Gasteiger partial charge on any atom is -0.494 e. The van der Waals surface area contributed by atoms with Crippen molar-refractivity contribution in [3.63, 3.8) is 0 Å². The summed E-state index contributed by atoms with van der Waals surface area (Å²) in [7, 11) is 2.41. The van der Waals surface area contributed by atoms with Gasteiger partial charge in [0, 0.05) is 54.1 Å². The minimum atomic E-state index is -0.819. The second-order valence-electron chi connectivity index (χ2n) is 14.4. The molecule has 8 nitrogen and oxygen atoms in total. The van der Waals surface area contributed by atoms with Crippen molar-refractivity contribution in [2.45, 2.75) is 85.0 Å². The van der Waals surface area contributed by atoms with Crippen LogP contribution in [0.2, 0.25) is 0 Å². The van der Waals surface area contributed by atoms with E-state index in [2.05, 4.69) is 7.05 Å². The van der Waals surface area contributed by atoms with Crippen molar-refractivity contribution in [1.29, 1.82) is 0 Å². The molecule has 0 N–H and O–H groups in total. The van der Waals surface area contributed by atoms with Gasteiger partial charge in [-0.25, -0.2) is 8.78 Å². The van der Waals surface area contributed by atoms with E-state index in [1.54, 1.807) is 23.6 Å². The Morgan fingerprint density at radius 1 is 0.774 bits per heavy atom. The molecule has 286 valence electrons. The highest BCUT2D eigenvalue weighted by atomic mass is 19.1. The van der Waals surface area contributed by atoms with Crippen LogP contribution in [0.5, 0.6) is 17.2 Å². The summed E-state index contributed by atoms with van der Waals surface area (Å²) in [6, 6.07) is 13.6. The van der Waals surface area contributed by atoms with E-state index in [4.69, 9.17) is 14.2 Å². The molecule has 53 heavy (non-hydrogen) atoms. The molecule has 0 bridgehead atoms. The van der Waals surface area contributed by atoms with Gasteiger partial charge < -0.3 is 28.2 Å². The molecule has 1 amide bonds. The number of fused-ring (bicyclic) bond motifs is 1. The molecule has 0 saturated carbocycles. The SMILES string of the molecule is CCCOc1cc(OCC)cc(-n2cc(C(=O)N(CC)c3cc(F)cc(F)c3)c(=O)c3ccc(OCCCCCCCC[N+]4(C)CCCCC4)cc32)c1. The maximum absolute atomic E-state index is 14.2. The van der Waals surface area contributed by atoms with E-state index >= 15 is 0 Å². The highest BCUT2D eigenvalue weighted by Gasteiger charge is 2.25. The number of hydrogen-bond donors (Lipinski definition) is 0. The predicted octanol–water partition coefficient (Wildman–Crippen LogP) is 9.47. The molecule has 4 aromatic rings. The lowest BCUT2D eigenvalue weighted by atomic mass is 10.1. The molecule has 0 atom stereocenters. The van der Waals surface area contributed by atoms with Crippen LogP contribution in [-0.4, -0.2) is 68.0 Å². The van der Waals surface area contributed by atoms with Gasteiger partial charge in [0.1, 0.15) is 34.4 Å². The van der Waals surface area contributed by atoms with Gasteiger partial charge in [0.15, 0.2) is 0 Å². The number of halogens is 2. The number of carbonyl (C=O) groups excluding carboxylic acids is 1. The quantitative estimate of drug-likeness (QED) is 0.0710. The number of rotatable bonds is 19. The first-order valence-corrected chi connectivity index (χ1v) is 19.5. The van der Waals surface area contributed by atoms with Crippen molar-refractivity contribution in [3.8, 4) is 22.9 Å². The maximum Gasteiger partial charge on any atom is 0.263 e. The highest BCUT2D eigenvalue weighted by molar-refractivity contribution is 6.07. The molecule has 0 unspecified atom stereocenters. The normalized spacial score (nSPS) is 13.9. The molecule has 0 aliphatic carbocycles. The molecule has 5 rings (SSSR count). The first kappa shape index (κ1) is 39.8. The van der Waals surface area contributed by atoms with Gasteiger partial charge in [-0.2, -0.15) is 0 Å². The lowest BCUT2D eigenvalue weighted by molar-refractivity contribution is -0.914. The second-order valence-corrected chi connectivity index (χ2v) is 14.4. The number of nitrogens with zero attached hydrogens (tertiary/aromatic N) is 3. The Balaban J connectivity index is 1.38. The van der Waals surface area contributed by atoms with Crippen LogP contribution in [0.3, 0.4) is 0 Å². The molecular weight excluding hydrogens is 676 g/mol. The minimum absolute atomic E-state index is 0.0198. The fourth-order valence-corrected chi connectivity index (χ4v) is 7.29. The number of hydrogen-bond acceptors (Lipinski definition) is 5. The second kappa shape index (κ2) is 19.1. The molecule has 1 fully saturated rings. The molecule has 1 aliphatic rings. The number of likely N-dealkylation sites (tertiary alicyclic amines) is 1. The summed E-state index contributed by atoms with van der Waals surface area (Å²) in [5.74, 6) is -0.564. The summed E-state index contributed by atoms with van der Waals surface area (Å²) < 4.78 is 49.5. The number of carbonyl (C=O) groups is 1. The van der Waals surface area contributed by atoms with Gasteiger partial charge in [0.05, 0.1) is 57.7 Å². The summed E-state index contributed by atoms with van der Waals surface area (Å²) in [6.45, 7) is 11.1. The van der Waals surface area contributed by atoms with Crippen molar-refractivity contribution in [2.75, 3.05) is 57.9 Å². The molecule has 0 radical (unpaired) electrons. The average Bonchev–Trinajstić information content (AvgIpc) is 3.13. The molecular formula is C43H56F2N3O5+. The fraction of sp³-hybridized carbons (Fsp3) is 0.488. The van der Waals surface area contributed by atoms with E-state index in [1.165, 1.54) is 80.2 Å². The Kier molecular flexibility index (Phi) is 14.3. The van der Waals surface area contributed by atoms with Gasteiger partial charge in [-0.1, -0.05) is 26.2 Å². The Morgan fingerprint density at radius 2 is 1.43 bits per heavy atom. The third-order valence-electron chi connectivity index (χ3n) is 10.1. The van der Waals surface area contributed by atoms with Gasteiger partial charge in [-0.3, -0.25) is 9.59 Å². The summed E-state index contributed by atoms with van der Waals surface area (Å²) in [6.07, 6.45) is 13.4. The zero-order valence-corrected chi connectivity index (χ0v) is 31.9. The predicted molar refractivity (Wildman–Crippen MR) is 208 cm³/mol. The lowest BCUT2D eigenvalue weighted by Gasteiger charge is -2.37. The van der Waals surface area contributed by atoms with E-state index in [9.17, 15) is 18.4 Å². The van der Waals surface area contributed by atoms with Crippen LogP contribution >= 0.6 is 0 Å². The van der Waals surface area contributed by atoms with Crippen LogP contribution in [0.15, 0.2) is 65.6 Å². The van der Waals surface area contributed by atoms with Crippen molar-refractivity contribution < 1.29 is 32.3 Å². The van der Waals surface area contributed by atoms with Crippen molar-refractivity contribution >= 4 is 22.5 Å². The van der Waals surface area contributed by atoms with Gasteiger partial charge in [0.2, 0.25) is 5.43 Å². The Labute approximate surface area is 312 Å². The van der Waals surface area contributed by atoms with Gasteiger partial charge in [-0.15, -0.1) is 0 Å². The summed E-state index contributed by atoms with van der Waals surface area (Å²) in [5.41, 5.74) is 0.509. The van der Waals surface area contributed by atoms with E-state index in [0.29, 0.717) is 53.7 Å². The van der Waals surface area contributed by atoms with Crippen LogP contribution in [-0.2, 0) is 0 Å². The number of unbranched alkanes of at least 4 members (excludes halogenated alkanes) is 5.